The highest BCUT2D eigenvalue weighted by Crippen LogP contribution is 2.46. The summed E-state index contributed by atoms with van der Waals surface area (Å²) < 4.78 is 0.455. The molecule has 4 heteroatoms. The first-order valence-electron chi connectivity index (χ1n) is 9.83. The van der Waals surface area contributed by atoms with Crippen LogP contribution in [0.25, 0.3) is 6.08 Å². The molecule has 0 radical (unpaired) electrons. The molecular weight excluding hydrogens is 428 g/mol. The Bertz CT molecular complexity index is 1010. The molecule has 2 aromatic carbocycles. The molecule has 0 bridgehead atoms. The van der Waals surface area contributed by atoms with Crippen LogP contribution in [0.3, 0.4) is 0 Å². The average Bonchev–Trinajstić information content (AvgIpc) is 2.66. The van der Waals surface area contributed by atoms with Gasteiger partial charge in [0.15, 0.2) is 5.78 Å². The van der Waals surface area contributed by atoms with Gasteiger partial charge >= 0.3 is 5.97 Å². The average molecular weight is 455 g/mol. The van der Waals surface area contributed by atoms with Crippen molar-refractivity contribution >= 4 is 33.8 Å². The minimum Gasteiger partial charge on any atom is -0.478 e. The summed E-state index contributed by atoms with van der Waals surface area (Å²) in [6, 6.07) is 10.5. The van der Waals surface area contributed by atoms with Crippen LogP contribution in [0.4, 0.5) is 0 Å². The molecule has 29 heavy (non-hydrogen) atoms. The van der Waals surface area contributed by atoms with Crippen molar-refractivity contribution in [3.05, 3.63) is 74.3 Å². The van der Waals surface area contributed by atoms with Crippen LogP contribution in [0, 0.1) is 6.92 Å². The van der Waals surface area contributed by atoms with Gasteiger partial charge in [-0.15, -0.1) is 0 Å². The lowest BCUT2D eigenvalue weighted by molar-refractivity contribution is 0.0696. The van der Waals surface area contributed by atoms with E-state index >= 15 is 0 Å². The van der Waals surface area contributed by atoms with Gasteiger partial charge in [0.1, 0.15) is 0 Å². The number of carboxylic acids is 1. The standard InChI is InChI=1S/C25H27BrO3/c1-15-12-19-20(25(4,5)11-10-24(19,2)3)13-18(15)14-21(26)22(27)16-6-8-17(9-7-16)23(28)29/h6-9,12-14H,10-11H2,1-5H3,(H,28,29)/b21-14-. The van der Waals surface area contributed by atoms with Crippen molar-refractivity contribution in [1.82, 2.24) is 0 Å². The Labute approximate surface area is 181 Å². The van der Waals surface area contributed by atoms with E-state index in [4.69, 9.17) is 5.11 Å². The number of carboxylic acid groups (broad SMARTS) is 1. The quantitative estimate of drug-likeness (QED) is 0.414. The van der Waals surface area contributed by atoms with E-state index in [0.29, 0.717) is 10.0 Å². The molecule has 2 aromatic rings. The Morgan fingerprint density at radius 3 is 1.93 bits per heavy atom. The highest BCUT2D eigenvalue weighted by atomic mass is 79.9. The predicted octanol–water partition coefficient (Wildman–Crippen LogP) is 6.66. The van der Waals surface area contributed by atoms with E-state index in [2.05, 4.69) is 62.7 Å². The predicted molar refractivity (Wildman–Crippen MR) is 121 cm³/mol. The van der Waals surface area contributed by atoms with Gasteiger partial charge in [-0.2, -0.15) is 0 Å². The molecule has 3 rings (SSSR count). The van der Waals surface area contributed by atoms with Gasteiger partial charge in [0.2, 0.25) is 0 Å². The summed E-state index contributed by atoms with van der Waals surface area (Å²) in [6.07, 6.45) is 4.17. The minimum atomic E-state index is -1.01. The molecule has 3 nitrogen and oxygen atoms in total. The molecule has 0 unspecified atom stereocenters. The van der Waals surface area contributed by atoms with Crippen molar-refractivity contribution in [2.75, 3.05) is 0 Å². The first-order chi connectivity index (χ1) is 13.4. The maximum atomic E-state index is 12.8. The highest BCUT2D eigenvalue weighted by Gasteiger charge is 2.37. The number of carbonyl (C=O) groups excluding carboxylic acids is 1. The summed E-state index contributed by atoms with van der Waals surface area (Å²) in [5, 5.41) is 9.02. The molecule has 1 aliphatic rings. The van der Waals surface area contributed by atoms with Crippen molar-refractivity contribution in [3.63, 3.8) is 0 Å². The lowest BCUT2D eigenvalue weighted by atomic mass is 9.62. The van der Waals surface area contributed by atoms with E-state index in [9.17, 15) is 9.59 Å². The van der Waals surface area contributed by atoms with Crippen LogP contribution in [-0.2, 0) is 10.8 Å². The first kappa shape index (κ1) is 21.5. The van der Waals surface area contributed by atoms with Crippen molar-refractivity contribution in [1.29, 1.82) is 0 Å². The zero-order chi connectivity index (χ0) is 21.6. The second-order valence-electron chi connectivity index (χ2n) is 9.23. The molecule has 1 N–H and O–H groups in total. The van der Waals surface area contributed by atoms with Gasteiger partial charge in [-0.25, -0.2) is 4.79 Å². The molecule has 0 atom stereocenters. The summed E-state index contributed by atoms with van der Waals surface area (Å²) in [4.78, 5) is 23.8. The highest BCUT2D eigenvalue weighted by molar-refractivity contribution is 9.12. The van der Waals surface area contributed by atoms with E-state index in [-0.39, 0.29) is 22.2 Å². The summed E-state index contributed by atoms with van der Waals surface area (Å²) in [7, 11) is 0. The van der Waals surface area contributed by atoms with Gasteiger partial charge in [0, 0.05) is 5.56 Å². The van der Waals surface area contributed by atoms with Crippen LogP contribution in [0.15, 0.2) is 40.9 Å². The molecule has 0 aromatic heterocycles. The van der Waals surface area contributed by atoms with Crippen LogP contribution >= 0.6 is 15.9 Å². The molecule has 152 valence electrons. The summed E-state index contributed by atoms with van der Waals surface area (Å²) >= 11 is 3.44. The number of hydrogen-bond donors (Lipinski definition) is 1. The van der Waals surface area contributed by atoms with Gasteiger partial charge in [0.05, 0.1) is 10.0 Å². The maximum absolute atomic E-state index is 12.8. The summed E-state index contributed by atoms with van der Waals surface area (Å²) in [6.45, 7) is 11.3. The number of ketones is 1. The number of aryl methyl sites for hydroxylation is 1. The number of benzene rings is 2. The van der Waals surface area contributed by atoms with Crippen LogP contribution in [0.2, 0.25) is 0 Å². The van der Waals surface area contributed by atoms with Crippen molar-refractivity contribution in [2.45, 2.75) is 58.3 Å². The molecule has 0 amide bonds. The van der Waals surface area contributed by atoms with Crippen molar-refractivity contribution in [3.8, 4) is 0 Å². The number of allylic oxidation sites excluding steroid dienone is 1. The van der Waals surface area contributed by atoms with E-state index in [1.165, 1.54) is 23.3 Å². The summed E-state index contributed by atoms with van der Waals surface area (Å²) in [5.74, 6) is -1.17. The van der Waals surface area contributed by atoms with E-state index in [1.54, 1.807) is 12.1 Å². The normalized spacial score (nSPS) is 17.5. The van der Waals surface area contributed by atoms with E-state index in [0.717, 1.165) is 24.0 Å². The van der Waals surface area contributed by atoms with Gasteiger partial charge in [-0.1, -0.05) is 52.0 Å². The molecule has 0 spiro atoms. The molecule has 0 fully saturated rings. The van der Waals surface area contributed by atoms with Crippen LogP contribution in [0.5, 0.6) is 0 Å². The lowest BCUT2D eigenvalue weighted by Crippen LogP contribution is -2.34. The van der Waals surface area contributed by atoms with Gasteiger partial charge in [0.25, 0.3) is 0 Å². The number of halogens is 1. The minimum absolute atomic E-state index is 0.101. The number of carbonyl (C=O) groups is 2. The molecule has 0 saturated heterocycles. The Kier molecular flexibility index (Phi) is 5.61. The first-order valence-corrected chi connectivity index (χ1v) is 10.6. The molecule has 0 saturated carbocycles. The molecular formula is C25H27BrO3. The zero-order valence-corrected chi connectivity index (χ0v) is 19.2. The molecule has 0 heterocycles. The SMILES string of the molecule is Cc1cc2c(cc1/C=C(\Br)C(=O)c1ccc(C(=O)O)cc1)C(C)(C)CCC2(C)C. The lowest BCUT2D eigenvalue weighted by Gasteiger charge is -2.42. The largest absolute Gasteiger partial charge is 0.478 e. The van der Waals surface area contributed by atoms with Crippen molar-refractivity contribution in [2.24, 2.45) is 0 Å². The molecule has 1 aliphatic carbocycles. The Hall–Kier alpha value is -2.20. The van der Waals surface area contributed by atoms with Crippen LogP contribution < -0.4 is 0 Å². The van der Waals surface area contributed by atoms with Gasteiger partial charge < -0.3 is 5.11 Å². The summed E-state index contributed by atoms with van der Waals surface area (Å²) in [5.41, 5.74) is 5.78. The number of rotatable bonds is 4. The smallest absolute Gasteiger partial charge is 0.335 e. The van der Waals surface area contributed by atoms with Crippen molar-refractivity contribution < 1.29 is 14.7 Å². The van der Waals surface area contributed by atoms with Crippen LogP contribution in [-0.4, -0.2) is 16.9 Å². The number of aromatic carboxylic acids is 1. The van der Waals surface area contributed by atoms with E-state index in [1.807, 2.05) is 6.08 Å². The second kappa shape index (κ2) is 7.56. The fraction of sp³-hybridized carbons (Fsp3) is 0.360. The van der Waals surface area contributed by atoms with Gasteiger partial charge in [-0.3, -0.25) is 4.79 Å². The third kappa shape index (κ3) is 4.23. The Morgan fingerprint density at radius 1 is 0.931 bits per heavy atom. The van der Waals surface area contributed by atoms with Crippen LogP contribution in [0.1, 0.15) is 83.5 Å². The third-order valence-electron chi connectivity index (χ3n) is 6.13. The number of hydrogen-bond acceptors (Lipinski definition) is 2. The van der Waals surface area contributed by atoms with E-state index < -0.39 is 5.97 Å². The van der Waals surface area contributed by atoms with Gasteiger partial charge in [-0.05, 0) is 87.0 Å². The second-order valence-corrected chi connectivity index (χ2v) is 10.1. The maximum Gasteiger partial charge on any atom is 0.335 e. The number of Topliss-reactive ketones (excluding diaryl/α,β-unsaturated/α-hetero) is 1. The number of fused-ring (bicyclic) bond motifs is 1. The fourth-order valence-electron chi connectivity index (χ4n) is 4.00. The Morgan fingerprint density at radius 2 is 1.41 bits per heavy atom. The Balaban J connectivity index is 1.99. The third-order valence-corrected chi connectivity index (χ3v) is 6.72. The fourth-order valence-corrected chi connectivity index (χ4v) is 4.47. The topological polar surface area (TPSA) is 54.4 Å². The monoisotopic (exact) mass is 454 g/mol. The molecule has 0 aliphatic heterocycles. The zero-order valence-electron chi connectivity index (χ0n) is 17.6.